The number of nitrogens with zero attached hydrogens (tertiary/aromatic N) is 3. The lowest BCUT2D eigenvalue weighted by Gasteiger charge is -2.29. The van der Waals surface area contributed by atoms with Gasteiger partial charge < -0.3 is 15.4 Å². The number of aromatic nitrogens is 2. The lowest BCUT2D eigenvalue weighted by Crippen LogP contribution is -2.36. The fourth-order valence-corrected chi connectivity index (χ4v) is 1.65. The monoisotopic (exact) mass is 254 g/mol. The molecule has 0 aliphatic rings. The maximum atomic E-state index is 12.0. The first-order chi connectivity index (χ1) is 8.13. The molecule has 0 bridgehead atoms. The van der Waals surface area contributed by atoms with Gasteiger partial charge in [0.2, 0.25) is 0 Å². The molecule has 6 nitrogen and oxygen atoms in total. The minimum absolute atomic E-state index is 0.202. The van der Waals surface area contributed by atoms with E-state index in [9.17, 15) is 4.79 Å². The number of carbonyl (C=O) groups excluding carboxylic acids is 1. The normalized spacial score (nSPS) is 13.2. The van der Waals surface area contributed by atoms with Crippen LogP contribution in [0.25, 0.3) is 0 Å². The average Bonchev–Trinajstić information content (AvgIpc) is 2.54. The molecule has 18 heavy (non-hydrogen) atoms. The van der Waals surface area contributed by atoms with Gasteiger partial charge >= 0.3 is 6.09 Å². The van der Waals surface area contributed by atoms with E-state index < -0.39 is 5.60 Å². The van der Waals surface area contributed by atoms with Crippen LogP contribution >= 0.6 is 0 Å². The molecule has 6 heteroatoms. The molecule has 0 spiro atoms. The van der Waals surface area contributed by atoms with Crippen molar-refractivity contribution in [1.82, 2.24) is 14.7 Å². The summed E-state index contributed by atoms with van der Waals surface area (Å²) in [5.41, 5.74) is 6.70. The van der Waals surface area contributed by atoms with Crippen LogP contribution in [0, 0.1) is 0 Å². The maximum Gasteiger partial charge on any atom is 0.410 e. The van der Waals surface area contributed by atoms with Gasteiger partial charge in [-0.25, -0.2) is 4.79 Å². The third-order valence-electron chi connectivity index (χ3n) is 2.67. The van der Waals surface area contributed by atoms with Gasteiger partial charge in [0.05, 0.1) is 23.6 Å². The lowest BCUT2D eigenvalue weighted by molar-refractivity contribution is 0.0229. The molecule has 102 valence electrons. The van der Waals surface area contributed by atoms with Crippen molar-refractivity contribution in [2.45, 2.75) is 39.3 Å². The quantitative estimate of drug-likeness (QED) is 0.875. The highest BCUT2D eigenvalue weighted by Crippen LogP contribution is 2.25. The third kappa shape index (κ3) is 3.15. The first kappa shape index (κ1) is 14.3. The van der Waals surface area contributed by atoms with E-state index in [1.54, 1.807) is 25.0 Å². The molecule has 0 fully saturated rings. The minimum atomic E-state index is -0.511. The number of aryl methyl sites for hydroxylation is 1. The second-order valence-electron chi connectivity index (χ2n) is 5.38. The summed E-state index contributed by atoms with van der Waals surface area (Å²) in [6, 6.07) is -0.202. The molecule has 0 saturated heterocycles. The summed E-state index contributed by atoms with van der Waals surface area (Å²) in [6.45, 7) is 7.39. The van der Waals surface area contributed by atoms with Crippen LogP contribution in [0.3, 0.4) is 0 Å². The van der Waals surface area contributed by atoms with E-state index >= 15 is 0 Å². The summed E-state index contributed by atoms with van der Waals surface area (Å²) in [5.74, 6) is 0. The number of rotatable bonds is 2. The van der Waals surface area contributed by atoms with Gasteiger partial charge in [-0.3, -0.25) is 4.68 Å². The number of hydrogen-bond acceptors (Lipinski definition) is 4. The number of carbonyl (C=O) groups is 1. The maximum absolute atomic E-state index is 12.0. The van der Waals surface area contributed by atoms with Crippen molar-refractivity contribution in [2.75, 3.05) is 12.8 Å². The molecule has 1 aromatic rings. The molecule has 2 N–H and O–H groups in total. The lowest BCUT2D eigenvalue weighted by atomic mass is 10.2. The first-order valence-corrected chi connectivity index (χ1v) is 5.86. The van der Waals surface area contributed by atoms with Crippen molar-refractivity contribution in [3.63, 3.8) is 0 Å². The Balaban J connectivity index is 2.85. The highest BCUT2D eigenvalue weighted by molar-refractivity contribution is 5.68. The van der Waals surface area contributed by atoms with Crippen LogP contribution < -0.4 is 5.73 Å². The van der Waals surface area contributed by atoms with Crippen molar-refractivity contribution in [1.29, 1.82) is 0 Å². The second kappa shape index (κ2) is 4.88. The Kier molecular flexibility index (Phi) is 3.88. The zero-order chi connectivity index (χ0) is 14.1. The van der Waals surface area contributed by atoms with Gasteiger partial charge in [0.1, 0.15) is 5.60 Å². The number of hydrogen-bond donors (Lipinski definition) is 1. The number of anilines is 1. The molecule has 1 heterocycles. The van der Waals surface area contributed by atoms with Crippen LogP contribution in [0.5, 0.6) is 0 Å². The van der Waals surface area contributed by atoms with E-state index in [-0.39, 0.29) is 12.1 Å². The minimum Gasteiger partial charge on any atom is -0.444 e. The topological polar surface area (TPSA) is 73.4 Å². The molecular formula is C12H22N4O2. The summed E-state index contributed by atoms with van der Waals surface area (Å²) in [4.78, 5) is 13.5. The van der Waals surface area contributed by atoms with Gasteiger partial charge in [0.25, 0.3) is 0 Å². The SMILES string of the molecule is CC(c1c(N)cnn1C)N(C)C(=O)OC(C)(C)C. The van der Waals surface area contributed by atoms with Gasteiger partial charge in [-0.15, -0.1) is 0 Å². The first-order valence-electron chi connectivity index (χ1n) is 5.86. The Bertz CT molecular complexity index is 414. The summed E-state index contributed by atoms with van der Waals surface area (Å²) in [7, 11) is 3.48. The van der Waals surface area contributed by atoms with E-state index in [0.29, 0.717) is 5.69 Å². The van der Waals surface area contributed by atoms with Crippen LogP contribution in [0.4, 0.5) is 10.5 Å². The van der Waals surface area contributed by atoms with Crippen LogP contribution in [-0.2, 0) is 11.8 Å². The molecule has 0 aromatic carbocycles. The van der Waals surface area contributed by atoms with Crippen LogP contribution in [-0.4, -0.2) is 33.4 Å². The summed E-state index contributed by atoms with van der Waals surface area (Å²) < 4.78 is 6.98. The molecule has 0 radical (unpaired) electrons. The molecule has 1 amide bonds. The highest BCUT2D eigenvalue weighted by Gasteiger charge is 2.26. The van der Waals surface area contributed by atoms with Crippen molar-refractivity contribution < 1.29 is 9.53 Å². The second-order valence-corrected chi connectivity index (χ2v) is 5.38. The van der Waals surface area contributed by atoms with Crippen LogP contribution in [0.2, 0.25) is 0 Å². The Labute approximate surface area is 108 Å². The molecule has 1 atom stereocenters. The molecule has 0 aliphatic heterocycles. The zero-order valence-corrected chi connectivity index (χ0v) is 11.9. The molecule has 1 unspecified atom stereocenters. The standard InChI is InChI=1S/C12H22N4O2/c1-8(10-9(13)7-14-16(10)6)15(5)11(17)18-12(2,3)4/h7-8H,13H2,1-6H3. The fourth-order valence-electron chi connectivity index (χ4n) is 1.65. The number of nitrogens with two attached hydrogens (primary N) is 1. The molecule has 1 aromatic heterocycles. The van der Waals surface area contributed by atoms with Gasteiger partial charge in [-0.1, -0.05) is 0 Å². The predicted molar refractivity (Wildman–Crippen MR) is 70.0 cm³/mol. The molecule has 0 aliphatic carbocycles. The van der Waals surface area contributed by atoms with E-state index in [1.807, 2.05) is 27.7 Å². The zero-order valence-electron chi connectivity index (χ0n) is 11.9. The largest absolute Gasteiger partial charge is 0.444 e. The van der Waals surface area contributed by atoms with Gasteiger partial charge in [-0.2, -0.15) is 5.10 Å². The van der Waals surface area contributed by atoms with Crippen molar-refractivity contribution in [3.8, 4) is 0 Å². The predicted octanol–water partition coefficient (Wildman–Crippen LogP) is 1.93. The van der Waals surface area contributed by atoms with Crippen molar-refractivity contribution >= 4 is 11.8 Å². The fraction of sp³-hybridized carbons (Fsp3) is 0.667. The van der Waals surface area contributed by atoms with E-state index in [2.05, 4.69) is 5.10 Å². The molecular weight excluding hydrogens is 232 g/mol. The molecule has 1 rings (SSSR count). The van der Waals surface area contributed by atoms with Gasteiger partial charge in [0.15, 0.2) is 0 Å². The van der Waals surface area contributed by atoms with Crippen LogP contribution in [0.15, 0.2) is 6.20 Å². The Hall–Kier alpha value is -1.72. The van der Waals surface area contributed by atoms with Gasteiger partial charge in [-0.05, 0) is 27.7 Å². The summed E-state index contributed by atoms with van der Waals surface area (Å²) in [6.07, 6.45) is 1.20. The Morgan fingerprint density at radius 2 is 2.11 bits per heavy atom. The Morgan fingerprint density at radius 3 is 2.50 bits per heavy atom. The van der Waals surface area contributed by atoms with E-state index in [0.717, 1.165) is 5.69 Å². The number of nitrogen functional groups attached to an aromatic ring is 1. The van der Waals surface area contributed by atoms with Crippen molar-refractivity contribution in [2.24, 2.45) is 7.05 Å². The third-order valence-corrected chi connectivity index (χ3v) is 2.67. The van der Waals surface area contributed by atoms with Crippen LogP contribution in [0.1, 0.15) is 39.4 Å². The van der Waals surface area contributed by atoms with E-state index in [4.69, 9.17) is 10.5 Å². The van der Waals surface area contributed by atoms with Gasteiger partial charge in [0, 0.05) is 14.1 Å². The number of amides is 1. The summed E-state index contributed by atoms with van der Waals surface area (Å²) >= 11 is 0. The van der Waals surface area contributed by atoms with Crippen molar-refractivity contribution in [3.05, 3.63) is 11.9 Å². The summed E-state index contributed by atoms with van der Waals surface area (Å²) in [5, 5.41) is 4.07. The van der Waals surface area contributed by atoms with E-state index in [1.165, 1.54) is 4.90 Å². The highest BCUT2D eigenvalue weighted by atomic mass is 16.6. The number of ether oxygens (including phenoxy) is 1. The smallest absolute Gasteiger partial charge is 0.410 e. The Morgan fingerprint density at radius 1 is 1.56 bits per heavy atom. The molecule has 0 saturated carbocycles. The average molecular weight is 254 g/mol.